The standard InChI is InChI=1S/C16H24N2O2S/c1-11-4-5-12(21-11)10-18-9-8-14-13(18)6-7-15(20-14)16(19)17(2)3/h4-5,13-15H,6-10H2,1-3H3/t13-,14-,15-/m0/s1. The van der Waals surface area contributed by atoms with E-state index in [9.17, 15) is 4.79 Å². The van der Waals surface area contributed by atoms with Gasteiger partial charge in [0.15, 0.2) is 0 Å². The summed E-state index contributed by atoms with van der Waals surface area (Å²) < 4.78 is 6.08. The number of hydrogen-bond donors (Lipinski definition) is 0. The molecule has 0 radical (unpaired) electrons. The first-order valence-electron chi connectivity index (χ1n) is 7.70. The van der Waals surface area contributed by atoms with E-state index in [4.69, 9.17) is 4.74 Å². The summed E-state index contributed by atoms with van der Waals surface area (Å²) in [6, 6.07) is 4.91. The molecule has 4 nitrogen and oxygen atoms in total. The Labute approximate surface area is 130 Å². The Balaban J connectivity index is 1.60. The third-order valence-electron chi connectivity index (χ3n) is 4.53. The van der Waals surface area contributed by atoms with Crippen LogP contribution in [0.15, 0.2) is 12.1 Å². The van der Waals surface area contributed by atoms with Gasteiger partial charge in [-0.2, -0.15) is 0 Å². The SMILES string of the molecule is Cc1ccc(CN2CC[C@@H]3O[C@H](C(=O)N(C)C)CC[C@@H]32)s1. The van der Waals surface area contributed by atoms with E-state index in [1.54, 1.807) is 19.0 Å². The van der Waals surface area contributed by atoms with Crippen LogP contribution in [0.4, 0.5) is 0 Å². The van der Waals surface area contributed by atoms with E-state index in [0.29, 0.717) is 6.04 Å². The number of rotatable bonds is 3. The van der Waals surface area contributed by atoms with E-state index in [0.717, 1.165) is 32.4 Å². The molecule has 116 valence electrons. The molecule has 1 aromatic heterocycles. The predicted octanol–water partition coefficient (Wildman–Crippen LogP) is 2.27. The second-order valence-electron chi connectivity index (χ2n) is 6.31. The van der Waals surface area contributed by atoms with Crippen molar-refractivity contribution in [2.24, 2.45) is 0 Å². The molecule has 5 heteroatoms. The number of carbonyl (C=O) groups is 1. The number of amides is 1. The third-order valence-corrected chi connectivity index (χ3v) is 5.52. The summed E-state index contributed by atoms with van der Waals surface area (Å²) in [6.07, 6.45) is 2.96. The molecule has 0 saturated carbocycles. The summed E-state index contributed by atoms with van der Waals surface area (Å²) in [5.74, 6) is 0.112. The number of ether oxygens (including phenoxy) is 1. The zero-order chi connectivity index (χ0) is 15.0. The minimum absolute atomic E-state index is 0.112. The van der Waals surface area contributed by atoms with Gasteiger partial charge in [0.05, 0.1) is 6.10 Å². The number of likely N-dealkylation sites (tertiary alicyclic amines) is 1. The number of likely N-dealkylation sites (N-methyl/N-ethyl adjacent to an activating group) is 1. The molecule has 1 amide bonds. The van der Waals surface area contributed by atoms with Gasteiger partial charge in [-0.15, -0.1) is 11.3 Å². The van der Waals surface area contributed by atoms with Crippen molar-refractivity contribution in [2.75, 3.05) is 20.6 Å². The van der Waals surface area contributed by atoms with Crippen LogP contribution in [-0.4, -0.2) is 54.6 Å². The topological polar surface area (TPSA) is 32.8 Å². The first kappa shape index (κ1) is 15.0. The van der Waals surface area contributed by atoms with Gasteiger partial charge < -0.3 is 9.64 Å². The van der Waals surface area contributed by atoms with Gasteiger partial charge in [-0.05, 0) is 38.3 Å². The smallest absolute Gasteiger partial charge is 0.251 e. The summed E-state index contributed by atoms with van der Waals surface area (Å²) in [5.41, 5.74) is 0. The van der Waals surface area contributed by atoms with E-state index in [-0.39, 0.29) is 18.1 Å². The lowest BCUT2D eigenvalue weighted by atomic mass is 9.98. The van der Waals surface area contributed by atoms with Crippen LogP contribution in [-0.2, 0) is 16.1 Å². The molecular weight excluding hydrogens is 284 g/mol. The van der Waals surface area contributed by atoms with Gasteiger partial charge >= 0.3 is 0 Å². The van der Waals surface area contributed by atoms with Crippen molar-refractivity contribution in [1.82, 2.24) is 9.80 Å². The molecule has 21 heavy (non-hydrogen) atoms. The second-order valence-corrected chi connectivity index (χ2v) is 7.68. The van der Waals surface area contributed by atoms with E-state index in [1.807, 2.05) is 11.3 Å². The van der Waals surface area contributed by atoms with Gasteiger partial charge in [0.1, 0.15) is 6.10 Å². The quantitative estimate of drug-likeness (QED) is 0.859. The van der Waals surface area contributed by atoms with Gasteiger partial charge in [0.2, 0.25) is 0 Å². The van der Waals surface area contributed by atoms with Crippen LogP contribution in [0.3, 0.4) is 0 Å². The lowest BCUT2D eigenvalue weighted by molar-refractivity contribution is -0.152. The summed E-state index contributed by atoms with van der Waals surface area (Å²) in [7, 11) is 3.61. The molecule has 0 spiro atoms. The molecule has 3 atom stereocenters. The van der Waals surface area contributed by atoms with Gasteiger partial charge in [0, 0.05) is 43.0 Å². The molecule has 0 bridgehead atoms. The van der Waals surface area contributed by atoms with Crippen molar-refractivity contribution >= 4 is 17.2 Å². The molecule has 2 fully saturated rings. The zero-order valence-electron chi connectivity index (χ0n) is 13.0. The largest absolute Gasteiger partial charge is 0.363 e. The fourth-order valence-corrected chi connectivity index (χ4v) is 4.37. The lowest BCUT2D eigenvalue weighted by Crippen LogP contribution is -2.47. The maximum atomic E-state index is 12.1. The second kappa shape index (κ2) is 6.07. The molecule has 0 aliphatic carbocycles. The lowest BCUT2D eigenvalue weighted by Gasteiger charge is -2.36. The molecule has 0 aromatic carbocycles. The van der Waals surface area contributed by atoms with Crippen molar-refractivity contribution in [3.8, 4) is 0 Å². The number of carbonyl (C=O) groups excluding carboxylic acids is 1. The molecule has 2 aliphatic rings. The Bertz CT molecular complexity index is 514. The fourth-order valence-electron chi connectivity index (χ4n) is 3.45. The maximum absolute atomic E-state index is 12.1. The van der Waals surface area contributed by atoms with Crippen LogP contribution in [0.2, 0.25) is 0 Å². The number of fused-ring (bicyclic) bond motifs is 1. The number of nitrogens with zero attached hydrogens (tertiary/aromatic N) is 2. The van der Waals surface area contributed by atoms with Crippen molar-refractivity contribution in [3.63, 3.8) is 0 Å². The fraction of sp³-hybridized carbons (Fsp3) is 0.688. The van der Waals surface area contributed by atoms with Crippen molar-refractivity contribution < 1.29 is 9.53 Å². The van der Waals surface area contributed by atoms with E-state index >= 15 is 0 Å². The Hall–Kier alpha value is -0.910. The zero-order valence-corrected chi connectivity index (χ0v) is 13.9. The summed E-state index contributed by atoms with van der Waals surface area (Å²) in [4.78, 5) is 19.0. The van der Waals surface area contributed by atoms with Crippen LogP contribution < -0.4 is 0 Å². The van der Waals surface area contributed by atoms with Crippen LogP contribution in [0.5, 0.6) is 0 Å². The number of hydrogen-bond acceptors (Lipinski definition) is 4. The third kappa shape index (κ3) is 3.15. The molecule has 0 N–H and O–H groups in total. The van der Waals surface area contributed by atoms with Gasteiger partial charge in [-0.25, -0.2) is 0 Å². The van der Waals surface area contributed by atoms with Crippen LogP contribution >= 0.6 is 11.3 Å². The van der Waals surface area contributed by atoms with Crippen molar-refractivity contribution in [3.05, 3.63) is 21.9 Å². The molecule has 2 aliphatic heterocycles. The average molecular weight is 308 g/mol. The first-order valence-corrected chi connectivity index (χ1v) is 8.52. The van der Waals surface area contributed by atoms with Gasteiger partial charge in [-0.1, -0.05) is 0 Å². The normalized spacial score (nSPS) is 29.4. The van der Waals surface area contributed by atoms with E-state index < -0.39 is 0 Å². The monoisotopic (exact) mass is 308 g/mol. The molecule has 3 rings (SSSR count). The highest BCUT2D eigenvalue weighted by molar-refractivity contribution is 7.11. The van der Waals surface area contributed by atoms with E-state index in [1.165, 1.54) is 9.75 Å². The highest BCUT2D eigenvalue weighted by Crippen LogP contribution is 2.33. The Kier molecular flexibility index (Phi) is 4.33. The minimum Gasteiger partial charge on any atom is -0.363 e. The predicted molar refractivity (Wildman–Crippen MR) is 84.5 cm³/mol. The van der Waals surface area contributed by atoms with Crippen LogP contribution in [0, 0.1) is 6.92 Å². The highest BCUT2D eigenvalue weighted by Gasteiger charge is 2.41. The van der Waals surface area contributed by atoms with Crippen molar-refractivity contribution in [2.45, 2.75) is 51.0 Å². The number of thiophene rings is 1. The summed E-state index contributed by atoms with van der Waals surface area (Å²) >= 11 is 1.88. The first-order chi connectivity index (χ1) is 10.0. The molecule has 0 unspecified atom stereocenters. The molecule has 2 saturated heterocycles. The van der Waals surface area contributed by atoms with Crippen LogP contribution in [0.1, 0.15) is 29.0 Å². The van der Waals surface area contributed by atoms with Gasteiger partial charge in [-0.3, -0.25) is 9.69 Å². The van der Waals surface area contributed by atoms with Crippen molar-refractivity contribution in [1.29, 1.82) is 0 Å². The minimum atomic E-state index is -0.231. The van der Waals surface area contributed by atoms with Crippen LogP contribution in [0.25, 0.3) is 0 Å². The number of aryl methyl sites for hydroxylation is 1. The maximum Gasteiger partial charge on any atom is 0.251 e. The summed E-state index contributed by atoms with van der Waals surface area (Å²) in [5, 5.41) is 0. The average Bonchev–Trinajstić information content (AvgIpc) is 3.05. The summed E-state index contributed by atoms with van der Waals surface area (Å²) in [6.45, 7) is 4.26. The Morgan fingerprint density at radius 2 is 2.19 bits per heavy atom. The molecular formula is C16H24N2O2S. The van der Waals surface area contributed by atoms with Gasteiger partial charge in [0.25, 0.3) is 5.91 Å². The van der Waals surface area contributed by atoms with E-state index in [2.05, 4.69) is 24.0 Å². The Morgan fingerprint density at radius 1 is 1.38 bits per heavy atom. The Morgan fingerprint density at radius 3 is 2.86 bits per heavy atom. The molecule has 1 aromatic rings. The highest BCUT2D eigenvalue weighted by atomic mass is 32.1. The molecule has 3 heterocycles.